The molecule has 0 aliphatic heterocycles. The lowest BCUT2D eigenvalue weighted by Gasteiger charge is -2.16. The number of carbonyl (C=O) groups excluding carboxylic acids is 2. The Hall–Kier alpha value is -3.00. The Labute approximate surface area is 160 Å². The number of benzene rings is 1. The zero-order valence-electron chi connectivity index (χ0n) is 14.7. The van der Waals surface area contributed by atoms with Gasteiger partial charge in [0.15, 0.2) is 5.76 Å². The van der Waals surface area contributed by atoms with E-state index in [1.54, 1.807) is 30.3 Å². The number of carboxylic acid groups (broad SMARTS) is 1. The van der Waals surface area contributed by atoms with Crippen LogP contribution in [0, 0.1) is 0 Å². The molecule has 0 radical (unpaired) electrons. The van der Waals surface area contributed by atoms with Crippen molar-refractivity contribution in [3.63, 3.8) is 0 Å². The van der Waals surface area contributed by atoms with Gasteiger partial charge in [0.05, 0.1) is 6.26 Å². The molecular formula is C19H20N2O5S. The molecule has 0 unspecified atom stereocenters. The van der Waals surface area contributed by atoms with Gasteiger partial charge in [0.25, 0.3) is 11.8 Å². The van der Waals surface area contributed by atoms with Crippen molar-refractivity contribution in [2.45, 2.75) is 12.5 Å². The topological polar surface area (TPSA) is 109 Å². The molecule has 7 nitrogen and oxygen atoms in total. The first-order valence-electron chi connectivity index (χ1n) is 8.15. The van der Waals surface area contributed by atoms with Crippen LogP contribution in [-0.4, -0.2) is 40.9 Å². The maximum absolute atomic E-state index is 12.6. The summed E-state index contributed by atoms with van der Waals surface area (Å²) in [6.45, 7) is 0. The fraction of sp³-hybridized carbons (Fsp3) is 0.211. The molecule has 0 bridgehead atoms. The number of aliphatic carboxylic acids is 1. The van der Waals surface area contributed by atoms with Crippen LogP contribution in [0.4, 0.5) is 0 Å². The largest absolute Gasteiger partial charge is 0.480 e. The molecule has 3 N–H and O–H groups in total. The van der Waals surface area contributed by atoms with Gasteiger partial charge in [-0.05, 0) is 42.2 Å². The summed E-state index contributed by atoms with van der Waals surface area (Å²) in [6, 6.07) is 10.9. The predicted molar refractivity (Wildman–Crippen MR) is 103 cm³/mol. The van der Waals surface area contributed by atoms with Crippen molar-refractivity contribution in [3.8, 4) is 0 Å². The number of hydrogen-bond acceptors (Lipinski definition) is 5. The molecule has 142 valence electrons. The maximum Gasteiger partial charge on any atom is 0.326 e. The number of carboxylic acids is 1. The van der Waals surface area contributed by atoms with Crippen LogP contribution in [0.2, 0.25) is 0 Å². The summed E-state index contributed by atoms with van der Waals surface area (Å²) in [5, 5.41) is 14.2. The number of furan rings is 1. The molecule has 2 rings (SSSR count). The number of rotatable bonds is 9. The summed E-state index contributed by atoms with van der Waals surface area (Å²) >= 11 is 1.48. The van der Waals surface area contributed by atoms with E-state index in [-0.39, 0.29) is 17.9 Å². The third-order valence-electron chi connectivity index (χ3n) is 3.56. The van der Waals surface area contributed by atoms with Crippen LogP contribution >= 0.6 is 11.8 Å². The lowest BCUT2D eigenvalue weighted by atomic mass is 10.1. The van der Waals surface area contributed by atoms with Gasteiger partial charge >= 0.3 is 5.97 Å². The van der Waals surface area contributed by atoms with Gasteiger partial charge in [-0.1, -0.05) is 30.3 Å². The predicted octanol–water partition coefficient (Wildman–Crippen LogP) is 2.37. The highest BCUT2D eigenvalue weighted by Crippen LogP contribution is 2.09. The summed E-state index contributed by atoms with van der Waals surface area (Å²) in [6.07, 6.45) is 4.94. The number of thioether (sulfide) groups is 1. The van der Waals surface area contributed by atoms with Gasteiger partial charge in [0, 0.05) is 0 Å². The Kier molecular flexibility index (Phi) is 7.69. The average molecular weight is 388 g/mol. The van der Waals surface area contributed by atoms with Crippen LogP contribution in [0.5, 0.6) is 0 Å². The van der Waals surface area contributed by atoms with Gasteiger partial charge in [0.1, 0.15) is 11.7 Å². The summed E-state index contributed by atoms with van der Waals surface area (Å²) < 4.78 is 5.03. The zero-order valence-corrected chi connectivity index (χ0v) is 15.5. The molecule has 1 aromatic carbocycles. The van der Waals surface area contributed by atoms with Gasteiger partial charge in [-0.25, -0.2) is 4.79 Å². The third-order valence-corrected chi connectivity index (χ3v) is 4.21. The molecule has 1 aromatic heterocycles. The lowest BCUT2D eigenvalue weighted by Crippen LogP contribution is -2.44. The van der Waals surface area contributed by atoms with Gasteiger partial charge in [-0.15, -0.1) is 0 Å². The molecular weight excluding hydrogens is 368 g/mol. The van der Waals surface area contributed by atoms with Crippen molar-refractivity contribution in [2.24, 2.45) is 0 Å². The lowest BCUT2D eigenvalue weighted by molar-refractivity contribution is -0.141. The summed E-state index contributed by atoms with van der Waals surface area (Å²) in [7, 11) is 0. The minimum absolute atomic E-state index is 0.0407. The average Bonchev–Trinajstić information content (AvgIpc) is 3.20. The molecule has 2 amide bonds. The first-order valence-corrected chi connectivity index (χ1v) is 9.55. The highest BCUT2D eigenvalue weighted by molar-refractivity contribution is 7.98. The highest BCUT2D eigenvalue weighted by atomic mass is 32.2. The van der Waals surface area contributed by atoms with E-state index in [0.29, 0.717) is 11.3 Å². The van der Waals surface area contributed by atoms with Crippen molar-refractivity contribution < 1.29 is 23.9 Å². The fourth-order valence-corrected chi connectivity index (χ4v) is 2.67. The van der Waals surface area contributed by atoms with E-state index >= 15 is 0 Å². The van der Waals surface area contributed by atoms with Crippen molar-refractivity contribution in [3.05, 3.63) is 65.7 Å². The molecule has 0 aliphatic carbocycles. The standard InChI is InChI=1S/C19H20N2O5S/c1-27-11-9-14(19(24)25)20-17(22)15(12-13-6-3-2-4-7-13)21-18(23)16-8-5-10-26-16/h2-8,10,12,14H,9,11H2,1H3,(H,20,22)(H,21,23)(H,24,25)/b15-12+/t14-/m0/s1. The van der Waals surface area contributed by atoms with Crippen molar-refractivity contribution >= 4 is 35.6 Å². The Balaban J connectivity index is 2.22. The van der Waals surface area contributed by atoms with E-state index < -0.39 is 23.8 Å². The van der Waals surface area contributed by atoms with Gasteiger partial charge in [-0.3, -0.25) is 9.59 Å². The third kappa shape index (κ3) is 6.34. The van der Waals surface area contributed by atoms with E-state index in [0.717, 1.165) is 0 Å². The first-order chi connectivity index (χ1) is 13.0. The van der Waals surface area contributed by atoms with Crippen LogP contribution < -0.4 is 10.6 Å². The van der Waals surface area contributed by atoms with Crippen molar-refractivity contribution in [2.75, 3.05) is 12.0 Å². The normalized spacial score (nSPS) is 12.3. The molecule has 0 saturated heterocycles. The molecule has 1 atom stereocenters. The summed E-state index contributed by atoms with van der Waals surface area (Å²) in [5.74, 6) is -1.80. The number of hydrogen-bond donors (Lipinski definition) is 3. The van der Waals surface area contributed by atoms with Crippen LogP contribution in [0.15, 0.2) is 58.8 Å². The SMILES string of the molecule is CSCC[C@H](NC(=O)/C(=C\c1ccccc1)NC(=O)c1ccco1)C(=O)O. The summed E-state index contributed by atoms with van der Waals surface area (Å²) in [4.78, 5) is 36.3. The van der Waals surface area contributed by atoms with E-state index in [4.69, 9.17) is 4.42 Å². The second-order valence-electron chi connectivity index (χ2n) is 5.55. The Morgan fingerprint density at radius 2 is 1.93 bits per heavy atom. The number of carbonyl (C=O) groups is 3. The minimum Gasteiger partial charge on any atom is -0.480 e. The Morgan fingerprint density at radius 1 is 1.19 bits per heavy atom. The van der Waals surface area contributed by atoms with Gasteiger partial charge in [0.2, 0.25) is 0 Å². The van der Waals surface area contributed by atoms with Gasteiger partial charge in [-0.2, -0.15) is 11.8 Å². The monoisotopic (exact) mass is 388 g/mol. The molecule has 0 spiro atoms. The maximum atomic E-state index is 12.6. The number of nitrogens with one attached hydrogen (secondary N) is 2. The van der Waals surface area contributed by atoms with Crippen LogP contribution in [0.3, 0.4) is 0 Å². The van der Waals surface area contributed by atoms with Crippen molar-refractivity contribution in [1.82, 2.24) is 10.6 Å². The molecule has 0 fully saturated rings. The van der Waals surface area contributed by atoms with Gasteiger partial charge < -0.3 is 20.2 Å². The van der Waals surface area contributed by atoms with E-state index in [1.807, 2.05) is 12.3 Å². The molecule has 0 saturated carbocycles. The zero-order chi connectivity index (χ0) is 19.6. The quantitative estimate of drug-likeness (QED) is 0.569. The second-order valence-corrected chi connectivity index (χ2v) is 6.53. The molecule has 8 heteroatoms. The minimum atomic E-state index is -1.13. The Morgan fingerprint density at radius 3 is 2.52 bits per heavy atom. The van der Waals surface area contributed by atoms with Crippen LogP contribution in [-0.2, 0) is 9.59 Å². The molecule has 0 aliphatic rings. The Bertz CT molecular complexity index is 803. The highest BCUT2D eigenvalue weighted by Gasteiger charge is 2.23. The first kappa shape index (κ1) is 20.3. The second kappa shape index (κ2) is 10.2. The fourth-order valence-electron chi connectivity index (χ4n) is 2.20. The summed E-state index contributed by atoms with van der Waals surface area (Å²) in [5.41, 5.74) is 0.608. The number of amides is 2. The van der Waals surface area contributed by atoms with Crippen molar-refractivity contribution in [1.29, 1.82) is 0 Å². The van der Waals surface area contributed by atoms with Crippen LogP contribution in [0.25, 0.3) is 6.08 Å². The smallest absolute Gasteiger partial charge is 0.326 e. The van der Waals surface area contributed by atoms with E-state index in [1.165, 1.54) is 30.2 Å². The van der Waals surface area contributed by atoms with E-state index in [2.05, 4.69) is 10.6 Å². The molecule has 2 aromatic rings. The molecule has 27 heavy (non-hydrogen) atoms. The van der Waals surface area contributed by atoms with Crippen LogP contribution in [0.1, 0.15) is 22.5 Å². The molecule has 1 heterocycles. The van der Waals surface area contributed by atoms with E-state index in [9.17, 15) is 19.5 Å².